The summed E-state index contributed by atoms with van der Waals surface area (Å²) in [5.41, 5.74) is 8.62. The lowest BCUT2D eigenvalue weighted by Crippen LogP contribution is -1.85. The Labute approximate surface area is 114 Å². The fourth-order valence-corrected chi connectivity index (χ4v) is 2.33. The molecular formula is C16H11N3O. The molecule has 0 aliphatic carbocycles. The normalized spacial score (nSPS) is 11.2. The molecule has 0 unspecified atom stereocenters. The van der Waals surface area contributed by atoms with Crippen LogP contribution in [0.4, 0.5) is 5.69 Å². The summed E-state index contributed by atoms with van der Waals surface area (Å²) in [5, 5.41) is 2.13. The maximum atomic E-state index is 5.79. The van der Waals surface area contributed by atoms with Crippen molar-refractivity contribution in [1.29, 1.82) is 0 Å². The van der Waals surface area contributed by atoms with Gasteiger partial charge in [0.25, 0.3) is 0 Å². The number of anilines is 1. The van der Waals surface area contributed by atoms with E-state index in [2.05, 4.69) is 9.97 Å². The molecule has 2 aromatic carbocycles. The highest BCUT2D eigenvalue weighted by molar-refractivity contribution is 5.93. The van der Waals surface area contributed by atoms with Gasteiger partial charge in [0.05, 0.1) is 0 Å². The van der Waals surface area contributed by atoms with E-state index in [9.17, 15) is 0 Å². The zero-order valence-electron chi connectivity index (χ0n) is 10.6. The Morgan fingerprint density at radius 3 is 2.85 bits per heavy atom. The van der Waals surface area contributed by atoms with E-state index in [1.165, 1.54) is 0 Å². The Hall–Kier alpha value is -2.88. The highest BCUT2D eigenvalue weighted by Gasteiger charge is 2.12. The number of benzene rings is 2. The number of fused-ring (bicyclic) bond motifs is 2. The van der Waals surface area contributed by atoms with E-state index in [1.54, 1.807) is 12.3 Å². The van der Waals surface area contributed by atoms with Crippen molar-refractivity contribution < 1.29 is 4.42 Å². The van der Waals surface area contributed by atoms with Gasteiger partial charge in [-0.15, -0.1) is 0 Å². The Balaban J connectivity index is 2.01. The van der Waals surface area contributed by atoms with Gasteiger partial charge < -0.3 is 10.2 Å². The average molecular weight is 261 g/mol. The first kappa shape index (κ1) is 11.0. The van der Waals surface area contributed by atoms with E-state index in [1.807, 2.05) is 42.5 Å². The molecule has 0 radical (unpaired) electrons. The number of nitrogen functional groups attached to an aromatic ring is 1. The molecule has 4 aromatic rings. The van der Waals surface area contributed by atoms with Crippen molar-refractivity contribution in [2.45, 2.75) is 0 Å². The molecule has 0 atom stereocenters. The monoisotopic (exact) mass is 261 g/mol. The van der Waals surface area contributed by atoms with E-state index in [0.29, 0.717) is 17.2 Å². The lowest BCUT2D eigenvalue weighted by Gasteiger charge is -2.00. The Kier molecular flexibility index (Phi) is 2.23. The van der Waals surface area contributed by atoms with Gasteiger partial charge in [0.15, 0.2) is 5.58 Å². The number of nitrogens with two attached hydrogens (primary N) is 1. The molecule has 0 fully saturated rings. The van der Waals surface area contributed by atoms with E-state index >= 15 is 0 Å². The Morgan fingerprint density at radius 2 is 1.90 bits per heavy atom. The number of hydrogen-bond acceptors (Lipinski definition) is 4. The SMILES string of the molecule is Nc1ccc2nc(-c3nccc4ccccc34)oc2c1. The molecule has 0 amide bonds. The summed E-state index contributed by atoms with van der Waals surface area (Å²) in [6.45, 7) is 0. The van der Waals surface area contributed by atoms with E-state index in [0.717, 1.165) is 22.0 Å². The summed E-state index contributed by atoms with van der Waals surface area (Å²) in [4.78, 5) is 8.90. The first-order valence-corrected chi connectivity index (χ1v) is 6.31. The van der Waals surface area contributed by atoms with Gasteiger partial charge in [-0.05, 0) is 23.6 Å². The third-order valence-electron chi connectivity index (χ3n) is 3.29. The van der Waals surface area contributed by atoms with Crippen LogP contribution in [0.1, 0.15) is 0 Å². The average Bonchev–Trinajstić information content (AvgIpc) is 2.89. The molecule has 4 nitrogen and oxygen atoms in total. The van der Waals surface area contributed by atoms with Gasteiger partial charge in [-0.3, -0.25) is 4.98 Å². The molecule has 20 heavy (non-hydrogen) atoms. The highest BCUT2D eigenvalue weighted by Crippen LogP contribution is 2.29. The topological polar surface area (TPSA) is 64.9 Å². The fraction of sp³-hybridized carbons (Fsp3) is 0. The van der Waals surface area contributed by atoms with Crippen molar-refractivity contribution in [2.75, 3.05) is 5.73 Å². The molecule has 96 valence electrons. The van der Waals surface area contributed by atoms with Crippen LogP contribution in [0.2, 0.25) is 0 Å². The number of hydrogen-bond donors (Lipinski definition) is 1. The molecule has 0 saturated heterocycles. The zero-order valence-corrected chi connectivity index (χ0v) is 10.6. The van der Waals surface area contributed by atoms with Crippen LogP contribution >= 0.6 is 0 Å². The van der Waals surface area contributed by atoms with Crippen LogP contribution < -0.4 is 5.73 Å². The van der Waals surface area contributed by atoms with Gasteiger partial charge in [0.1, 0.15) is 11.2 Å². The van der Waals surface area contributed by atoms with E-state index in [4.69, 9.17) is 10.2 Å². The van der Waals surface area contributed by atoms with Gasteiger partial charge in [-0.25, -0.2) is 4.98 Å². The van der Waals surface area contributed by atoms with Gasteiger partial charge in [-0.2, -0.15) is 0 Å². The number of rotatable bonds is 1. The van der Waals surface area contributed by atoms with Crippen molar-refractivity contribution in [2.24, 2.45) is 0 Å². The number of oxazole rings is 1. The number of pyridine rings is 1. The largest absolute Gasteiger partial charge is 0.435 e. The Bertz CT molecular complexity index is 922. The molecule has 2 aromatic heterocycles. The van der Waals surface area contributed by atoms with Crippen molar-refractivity contribution >= 4 is 27.6 Å². The molecule has 0 spiro atoms. The lowest BCUT2D eigenvalue weighted by atomic mass is 10.1. The van der Waals surface area contributed by atoms with Crippen LogP contribution in [0.5, 0.6) is 0 Å². The standard InChI is InChI=1S/C16H11N3O/c17-11-5-6-13-14(9-11)20-16(19-13)15-12-4-2-1-3-10(12)7-8-18-15/h1-9H,17H2. The second-order valence-corrected chi connectivity index (χ2v) is 4.63. The van der Waals surface area contributed by atoms with Crippen LogP contribution in [0.25, 0.3) is 33.5 Å². The van der Waals surface area contributed by atoms with Gasteiger partial charge in [0.2, 0.25) is 5.89 Å². The lowest BCUT2D eigenvalue weighted by molar-refractivity contribution is 0.618. The first-order chi connectivity index (χ1) is 9.81. The minimum absolute atomic E-state index is 0.516. The maximum absolute atomic E-state index is 5.79. The van der Waals surface area contributed by atoms with Gasteiger partial charge in [0, 0.05) is 23.3 Å². The summed E-state index contributed by atoms with van der Waals surface area (Å²) in [5.74, 6) is 0.516. The summed E-state index contributed by atoms with van der Waals surface area (Å²) in [7, 11) is 0. The van der Waals surface area contributed by atoms with E-state index in [-0.39, 0.29) is 0 Å². The molecule has 4 heteroatoms. The smallest absolute Gasteiger partial charge is 0.246 e. The summed E-state index contributed by atoms with van der Waals surface area (Å²) in [6, 6.07) is 15.4. The summed E-state index contributed by atoms with van der Waals surface area (Å²) >= 11 is 0. The second kappa shape index (κ2) is 4.06. The quantitative estimate of drug-likeness (QED) is 0.531. The zero-order chi connectivity index (χ0) is 13.5. The van der Waals surface area contributed by atoms with Crippen LogP contribution in [0.15, 0.2) is 59.1 Å². The maximum Gasteiger partial charge on any atom is 0.246 e. The molecule has 0 saturated carbocycles. The predicted octanol–water partition coefficient (Wildman–Crippen LogP) is 3.63. The third-order valence-corrected chi connectivity index (χ3v) is 3.29. The highest BCUT2D eigenvalue weighted by atomic mass is 16.3. The van der Waals surface area contributed by atoms with Crippen molar-refractivity contribution in [3.8, 4) is 11.6 Å². The minimum Gasteiger partial charge on any atom is -0.435 e. The number of aromatic nitrogens is 2. The van der Waals surface area contributed by atoms with Crippen molar-refractivity contribution in [3.05, 3.63) is 54.7 Å². The Morgan fingerprint density at radius 1 is 1.00 bits per heavy atom. The minimum atomic E-state index is 0.516. The first-order valence-electron chi connectivity index (χ1n) is 6.31. The molecule has 0 aliphatic rings. The van der Waals surface area contributed by atoms with Crippen molar-refractivity contribution in [1.82, 2.24) is 9.97 Å². The molecular weight excluding hydrogens is 250 g/mol. The van der Waals surface area contributed by atoms with E-state index < -0.39 is 0 Å². The van der Waals surface area contributed by atoms with Crippen molar-refractivity contribution in [3.63, 3.8) is 0 Å². The van der Waals surface area contributed by atoms with Crippen LogP contribution in [0, 0.1) is 0 Å². The van der Waals surface area contributed by atoms with Crippen LogP contribution in [-0.2, 0) is 0 Å². The van der Waals surface area contributed by atoms with Gasteiger partial charge in [-0.1, -0.05) is 24.3 Å². The van der Waals surface area contributed by atoms with Crippen LogP contribution in [-0.4, -0.2) is 9.97 Å². The summed E-state index contributed by atoms with van der Waals surface area (Å²) < 4.78 is 5.79. The van der Waals surface area contributed by atoms with Gasteiger partial charge >= 0.3 is 0 Å². The molecule has 0 aliphatic heterocycles. The molecule has 4 rings (SSSR count). The molecule has 2 heterocycles. The summed E-state index contributed by atoms with van der Waals surface area (Å²) in [6.07, 6.45) is 1.76. The second-order valence-electron chi connectivity index (χ2n) is 4.63. The fourth-order valence-electron chi connectivity index (χ4n) is 2.33. The number of nitrogens with zero attached hydrogens (tertiary/aromatic N) is 2. The molecule has 2 N–H and O–H groups in total. The third kappa shape index (κ3) is 1.62. The molecule has 0 bridgehead atoms. The van der Waals surface area contributed by atoms with Crippen LogP contribution in [0.3, 0.4) is 0 Å². The predicted molar refractivity (Wildman–Crippen MR) is 79.2 cm³/mol.